The van der Waals surface area contributed by atoms with Crippen LogP contribution in [0.1, 0.15) is 32.0 Å². The summed E-state index contributed by atoms with van der Waals surface area (Å²) in [6.45, 7) is 1.70. The molecule has 2 amide bonds. The monoisotopic (exact) mass is 406 g/mol. The predicted octanol–water partition coefficient (Wildman–Crippen LogP) is 5.25. The number of nitrogens with one attached hydrogen (secondary N) is 2. The molecule has 0 aliphatic rings. The van der Waals surface area contributed by atoms with E-state index in [0.29, 0.717) is 23.4 Å². The Morgan fingerprint density at radius 3 is 2.38 bits per heavy atom. The summed E-state index contributed by atoms with van der Waals surface area (Å²) in [7, 11) is 0. The third-order valence-corrected chi connectivity index (χ3v) is 4.02. The highest BCUT2D eigenvalue weighted by Crippen LogP contribution is 2.33. The first kappa shape index (κ1) is 20.1. The standard InChI is InChI=1S/C20H14F4N2O3/c1-11-4-5-12(9-16(11)26-19(28)17-3-2-8-29-17)18(27)25-13-6-7-15(21)14(10-13)20(22,23)24/h2-10H,1H3,(H,25,27)(H,26,28). The number of alkyl halides is 3. The van der Waals surface area contributed by atoms with Crippen LogP contribution in [0, 0.1) is 12.7 Å². The van der Waals surface area contributed by atoms with Crippen LogP contribution < -0.4 is 10.6 Å². The molecule has 0 saturated carbocycles. The van der Waals surface area contributed by atoms with Gasteiger partial charge in [0.1, 0.15) is 5.82 Å². The minimum absolute atomic E-state index is 0.0743. The van der Waals surface area contributed by atoms with Gasteiger partial charge in [-0.15, -0.1) is 0 Å². The van der Waals surface area contributed by atoms with Gasteiger partial charge < -0.3 is 15.1 Å². The number of carbonyl (C=O) groups is 2. The average Bonchev–Trinajstić information content (AvgIpc) is 3.19. The van der Waals surface area contributed by atoms with Crippen molar-refractivity contribution >= 4 is 23.2 Å². The van der Waals surface area contributed by atoms with Crippen LogP contribution in [0.4, 0.5) is 28.9 Å². The summed E-state index contributed by atoms with van der Waals surface area (Å²) < 4.78 is 56.9. The Hall–Kier alpha value is -3.62. The summed E-state index contributed by atoms with van der Waals surface area (Å²) in [5.41, 5.74) is -0.629. The summed E-state index contributed by atoms with van der Waals surface area (Å²) in [5.74, 6) is -2.61. The molecule has 0 spiro atoms. The number of rotatable bonds is 4. The van der Waals surface area contributed by atoms with Crippen LogP contribution in [-0.4, -0.2) is 11.8 Å². The van der Waals surface area contributed by atoms with Crippen LogP contribution in [0.5, 0.6) is 0 Å². The molecule has 0 aliphatic heterocycles. The summed E-state index contributed by atoms with van der Waals surface area (Å²) >= 11 is 0. The highest BCUT2D eigenvalue weighted by atomic mass is 19.4. The molecule has 0 bridgehead atoms. The molecule has 29 heavy (non-hydrogen) atoms. The van der Waals surface area contributed by atoms with Gasteiger partial charge in [-0.25, -0.2) is 4.39 Å². The minimum atomic E-state index is -4.89. The number of hydrogen-bond acceptors (Lipinski definition) is 3. The summed E-state index contributed by atoms with van der Waals surface area (Å²) in [5, 5.41) is 4.89. The maximum Gasteiger partial charge on any atom is 0.419 e. The van der Waals surface area contributed by atoms with E-state index in [9.17, 15) is 27.2 Å². The summed E-state index contributed by atoms with van der Waals surface area (Å²) in [6.07, 6.45) is -3.55. The van der Waals surface area contributed by atoms with Crippen molar-refractivity contribution in [1.29, 1.82) is 0 Å². The Balaban J connectivity index is 1.81. The Morgan fingerprint density at radius 2 is 1.72 bits per heavy atom. The van der Waals surface area contributed by atoms with E-state index >= 15 is 0 Å². The van der Waals surface area contributed by atoms with Gasteiger partial charge in [-0.2, -0.15) is 13.2 Å². The van der Waals surface area contributed by atoms with Crippen molar-refractivity contribution in [2.45, 2.75) is 13.1 Å². The second-order valence-electron chi connectivity index (χ2n) is 6.11. The largest absolute Gasteiger partial charge is 0.459 e. The molecule has 1 heterocycles. The lowest BCUT2D eigenvalue weighted by Crippen LogP contribution is -2.16. The first-order chi connectivity index (χ1) is 13.6. The van der Waals surface area contributed by atoms with Crippen molar-refractivity contribution in [3.05, 3.63) is 83.1 Å². The molecule has 0 saturated heterocycles. The minimum Gasteiger partial charge on any atom is -0.459 e. The molecule has 2 aromatic carbocycles. The third kappa shape index (κ3) is 4.63. The number of anilines is 2. The molecule has 0 unspecified atom stereocenters. The quantitative estimate of drug-likeness (QED) is 0.582. The van der Waals surface area contributed by atoms with Gasteiger partial charge in [0.05, 0.1) is 11.8 Å². The van der Waals surface area contributed by atoms with Crippen molar-refractivity contribution in [2.24, 2.45) is 0 Å². The molecule has 0 radical (unpaired) electrons. The highest BCUT2D eigenvalue weighted by Gasteiger charge is 2.34. The predicted molar refractivity (Wildman–Crippen MR) is 97.2 cm³/mol. The number of hydrogen-bond donors (Lipinski definition) is 2. The smallest absolute Gasteiger partial charge is 0.419 e. The highest BCUT2D eigenvalue weighted by molar-refractivity contribution is 6.07. The summed E-state index contributed by atoms with van der Waals surface area (Å²) in [4.78, 5) is 24.5. The van der Waals surface area contributed by atoms with Crippen LogP contribution >= 0.6 is 0 Å². The Morgan fingerprint density at radius 1 is 0.966 bits per heavy atom. The van der Waals surface area contributed by atoms with E-state index in [1.54, 1.807) is 19.1 Å². The fourth-order valence-corrected chi connectivity index (χ4v) is 2.51. The molecule has 2 N–H and O–H groups in total. The molecule has 3 aromatic rings. The molecule has 5 nitrogen and oxygen atoms in total. The SMILES string of the molecule is Cc1ccc(C(=O)Nc2ccc(F)c(C(F)(F)F)c2)cc1NC(=O)c1ccco1. The van der Waals surface area contributed by atoms with Crippen LogP contribution in [0.3, 0.4) is 0 Å². The molecule has 0 aliphatic carbocycles. The lowest BCUT2D eigenvalue weighted by molar-refractivity contribution is -0.139. The average molecular weight is 406 g/mol. The second kappa shape index (κ2) is 7.78. The lowest BCUT2D eigenvalue weighted by atomic mass is 10.1. The van der Waals surface area contributed by atoms with Crippen molar-refractivity contribution in [3.8, 4) is 0 Å². The van der Waals surface area contributed by atoms with Gasteiger partial charge in [-0.05, 0) is 55.0 Å². The number of amides is 2. The van der Waals surface area contributed by atoms with Gasteiger partial charge in [0.2, 0.25) is 0 Å². The number of halogens is 4. The van der Waals surface area contributed by atoms with E-state index < -0.39 is 29.4 Å². The molecule has 9 heteroatoms. The fourth-order valence-electron chi connectivity index (χ4n) is 2.51. The van der Waals surface area contributed by atoms with Gasteiger partial charge in [0, 0.05) is 16.9 Å². The molecule has 1 aromatic heterocycles. The zero-order valence-electron chi connectivity index (χ0n) is 14.9. The molecular weight excluding hydrogens is 392 g/mol. The van der Waals surface area contributed by atoms with Crippen LogP contribution in [0.25, 0.3) is 0 Å². The van der Waals surface area contributed by atoms with E-state index in [0.717, 1.165) is 6.07 Å². The van der Waals surface area contributed by atoms with Gasteiger partial charge >= 0.3 is 6.18 Å². The maximum atomic E-state index is 13.4. The van der Waals surface area contributed by atoms with Crippen molar-refractivity contribution in [2.75, 3.05) is 10.6 Å². The number of carbonyl (C=O) groups excluding carboxylic acids is 2. The van der Waals surface area contributed by atoms with Gasteiger partial charge in [0.15, 0.2) is 5.76 Å². The molecule has 3 rings (SSSR count). The number of benzene rings is 2. The molecule has 0 atom stereocenters. The normalized spacial score (nSPS) is 11.2. The Bertz CT molecular complexity index is 1060. The van der Waals surface area contributed by atoms with Crippen LogP contribution in [0.15, 0.2) is 59.2 Å². The molecule has 150 valence electrons. The van der Waals surface area contributed by atoms with E-state index in [2.05, 4.69) is 10.6 Å². The summed E-state index contributed by atoms with van der Waals surface area (Å²) in [6, 6.07) is 9.57. The molecule has 0 fully saturated rings. The molecular formula is C20H14F4N2O3. The zero-order valence-corrected chi connectivity index (χ0v) is 14.9. The van der Waals surface area contributed by atoms with Crippen LogP contribution in [-0.2, 0) is 6.18 Å². The third-order valence-electron chi connectivity index (χ3n) is 4.02. The topological polar surface area (TPSA) is 71.3 Å². The van der Waals surface area contributed by atoms with Gasteiger partial charge in [0.25, 0.3) is 11.8 Å². The van der Waals surface area contributed by atoms with E-state index in [-0.39, 0.29) is 17.0 Å². The number of aryl methyl sites for hydroxylation is 1. The van der Waals surface area contributed by atoms with Crippen LogP contribution in [0.2, 0.25) is 0 Å². The van der Waals surface area contributed by atoms with Crippen molar-refractivity contribution in [1.82, 2.24) is 0 Å². The fraction of sp³-hybridized carbons (Fsp3) is 0.100. The Labute approximate surface area is 162 Å². The lowest BCUT2D eigenvalue weighted by Gasteiger charge is -2.12. The first-order valence-corrected chi connectivity index (χ1v) is 8.29. The second-order valence-corrected chi connectivity index (χ2v) is 6.11. The van der Waals surface area contributed by atoms with E-state index in [1.807, 2.05) is 0 Å². The van der Waals surface area contributed by atoms with Gasteiger partial charge in [-0.1, -0.05) is 6.07 Å². The number of furan rings is 1. The zero-order chi connectivity index (χ0) is 21.2. The van der Waals surface area contributed by atoms with E-state index in [4.69, 9.17) is 4.42 Å². The van der Waals surface area contributed by atoms with E-state index in [1.165, 1.54) is 24.5 Å². The van der Waals surface area contributed by atoms with Crippen molar-refractivity contribution in [3.63, 3.8) is 0 Å². The maximum absolute atomic E-state index is 13.4. The first-order valence-electron chi connectivity index (χ1n) is 8.29. The van der Waals surface area contributed by atoms with Gasteiger partial charge in [-0.3, -0.25) is 9.59 Å². The van der Waals surface area contributed by atoms with Crippen molar-refractivity contribution < 1.29 is 31.6 Å². The Kier molecular flexibility index (Phi) is 5.40.